The highest BCUT2D eigenvalue weighted by Crippen LogP contribution is 2.66. The summed E-state index contributed by atoms with van der Waals surface area (Å²) >= 11 is 0. The second-order valence-corrected chi connectivity index (χ2v) is 11.1. The summed E-state index contributed by atoms with van der Waals surface area (Å²) in [6, 6.07) is 1.11. The molecule has 29 heavy (non-hydrogen) atoms. The molecule has 1 saturated heterocycles. The lowest BCUT2D eigenvalue weighted by molar-refractivity contribution is -0.0419. The summed E-state index contributed by atoms with van der Waals surface area (Å²) < 4.78 is 52.3. The van der Waals surface area contributed by atoms with Crippen molar-refractivity contribution in [3.63, 3.8) is 0 Å². The summed E-state index contributed by atoms with van der Waals surface area (Å²) in [4.78, 5) is 60.8. The summed E-state index contributed by atoms with van der Waals surface area (Å²) in [7, 11) is -16.4. The molecule has 2 heterocycles. The molecule has 0 radical (unpaired) electrons. The molecule has 0 saturated carbocycles. The van der Waals surface area contributed by atoms with Crippen LogP contribution in [-0.2, 0) is 31.6 Å². The third-order valence-corrected chi connectivity index (χ3v) is 7.66. The van der Waals surface area contributed by atoms with Crippen molar-refractivity contribution in [3.05, 3.63) is 33.1 Å². The van der Waals surface area contributed by atoms with Crippen molar-refractivity contribution in [2.45, 2.75) is 32.6 Å². The van der Waals surface area contributed by atoms with E-state index in [-0.39, 0.29) is 6.42 Å². The summed E-state index contributed by atoms with van der Waals surface area (Å²) in [5.74, 6) is 0. The third kappa shape index (κ3) is 7.06. The van der Waals surface area contributed by atoms with Crippen molar-refractivity contribution < 1.29 is 51.2 Å². The maximum absolute atomic E-state index is 11.9. The summed E-state index contributed by atoms with van der Waals surface area (Å²) in [5, 5.41) is 0. The Bertz CT molecular complexity index is 1010. The maximum atomic E-state index is 11.9. The molecule has 166 valence electrons. The fourth-order valence-electron chi connectivity index (χ4n) is 2.55. The van der Waals surface area contributed by atoms with Crippen LogP contribution < -0.4 is 11.2 Å². The first-order valence-corrected chi connectivity index (χ1v) is 12.3. The number of aromatic nitrogens is 2. The Morgan fingerprint density at radius 2 is 1.79 bits per heavy atom. The number of hydrogen-bond donors (Lipinski definition) is 5. The van der Waals surface area contributed by atoms with Crippen molar-refractivity contribution in [3.8, 4) is 0 Å². The van der Waals surface area contributed by atoms with Crippen LogP contribution in [0.2, 0.25) is 0 Å². The smallest absolute Gasteiger partial charge is 0.352 e. The van der Waals surface area contributed by atoms with Gasteiger partial charge in [0.2, 0.25) is 0 Å². The van der Waals surface area contributed by atoms with Gasteiger partial charge in [-0.05, 0) is 5.41 Å². The third-order valence-electron chi connectivity index (χ3n) is 3.86. The minimum Gasteiger partial charge on any atom is -0.352 e. The topological polar surface area (TPSA) is 224 Å². The van der Waals surface area contributed by atoms with Crippen molar-refractivity contribution in [2.75, 3.05) is 6.61 Å². The number of hydrogen-bond acceptors (Lipinski definition) is 9. The lowest BCUT2D eigenvalue weighted by Gasteiger charge is -2.25. The van der Waals surface area contributed by atoms with Crippen LogP contribution >= 0.6 is 23.5 Å². The van der Waals surface area contributed by atoms with Crippen LogP contribution in [0.1, 0.15) is 26.5 Å². The van der Waals surface area contributed by atoms with Crippen LogP contribution in [0.3, 0.4) is 0 Å². The Labute approximate surface area is 162 Å². The van der Waals surface area contributed by atoms with Crippen LogP contribution in [0.15, 0.2) is 21.9 Å². The first-order valence-electron chi connectivity index (χ1n) is 7.75. The van der Waals surface area contributed by atoms with Crippen molar-refractivity contribution in [1.29, 1.82) is 0 Å². The van der Waals surface area contributed by atoms with E-state index in [0.717, 1.165) is 10.6 Å². The molecule has 4 unspecified atom stereocenters. The molecular formula is C11H19N2O13P3. The van der Waals surface area contributed by atoms with E-state index in [4.69, 9.17) is 19.4 Å². The van der Waals surface area contributed by atoms with Crippen LogP contribution in [-0.4, -0.2) is 41.8 Å². The van der Waals surface area contributed by atoms with E-state index in [1.165, 1.54) is 6.20 Å². The summed E-state index contributed by atoms with van der Waals surface area (Å²) in [6.07, 6.45) is -0.296. The van der Waals surface area contributed by atoms with Crippen LogP contribution in [0, 0.1) is 5.41 Å². The van der Waals surface area contributed by atoms with Gasteiger partial charge >= 0.3 is 29.2 Å². The maximum Gasteiger partial charge on any atom is 0.490 e. The summed E-state index contributed by atoms with van der Waals surface area (Å²) in [5.41, 5.74) is -2.05. The normalized spacial score (nSPS) is 26.0. The average molecular weight is 480 g/mol. The number of nitrogens with one attached hydrogen (secondary N) is 1. The van der Waals surface area contributed by atoms with Gasteiger partial charge in [0.25, 0.3) is 5.56 Å². The van der Waals surface area contributed by atoms with Crippen LogP contribution in [0.4, 0.5) is 0 Å². The van der Waals surface area contributed by atoms with E-state index < -0.39 is 59.1 Å². The largest absolute Gasteiger partial charge is 0.490 e. The monoisotopic (exact) mass is 480 g/mol. The lowest BCUT2D eigenvalue weighted by Crippen LogP contribution is -2.31. The lowest BCUT2D eigenvalue weighted by atomic mass is 9.85. The van der Waals surface area contributed by atoms with Gasteiger partial charge in [0.15, 0.2) is 0 Å². The van der Waals surface area contributed by atoms with E-state index in [1.54, 1.807) is 13.8 Å². The van der Waals surface area contributed by atoms with Gasteiger partial charge in [0.1, 0.15) is 6.23 Å². The van der Waals surface area contributed by atoms with Gasteiger partial charge in [0.05, 0.1) is 12.7 Å². The molecule has 0 amide bonds. The molecule has 5 N–H and O–H groups in total. The van der Waals surface area contributed by atoms with Crippen LogP contribution in [0.5, 0.6) is 0 Å². The van der Waals surface area contributed by atoms with Gasteiger partial charge in [-0.15, -0.1) is 0 Å². The average Bonchev–Trinajstić information content (AvgIpc) is 2.76. The standard InChI is InChI=1S/C11H19N2O13P3/c1-11(2)5-9(13-4-3-8(14)12-10(13)15)24-7(11)6-23-28(19,20)26-29(21,22)25-27(16,17)18/h3-4,7,9H,5-6H2,1-2H3,(H,19,20)(H,21,22)(H,12,14,15)(H2,16,17,18). The van der Waals surface area contributed by atoms with Gasteiger partial charge in [-0.3, -0.25) is 18.9 Å². The molecule has 4 atom stereocenters. The molecule has 0 aromatic carbocycles. The summed E-state index contributed by atoms with van der Waals surface area (Å²) in [6.45, 7) is 2.73. The quantitative estimate of drug-likeness (QED) is 0.314. The Kier molecular flexibility index (Phi) is 6.95. The molecule has 1 aromatic rings. The second-order valence-electron chi connectivity index (χ2n) is 6.68. The zero-order valence-corrected chi connectivity index (χ0v) is 17.7. The minimum atomic E-state index is -5.62. The fraction of sp³-hybridized carbons (Fsp3) is 0.636. The van der Waals surface area contributed by atoms with E-state index in [2.05, 4.69) is 18.1 Å². The number of H-pyrrole nitrogens is 1. The molecule has 1 fully saturated rings. The van der Waals surface area contributed by atoms with Crippen LogP contribution in [0.25, 0.3) is 0 Å². The Hall–Kier alpha value is -0.950. The van der Waals surface area contributed by atoms with Crippen molar-refractivity contribution in [1.82, 2.24) is 9.55 Å². The van der Waals surface area contributed by atoms with Gasteiger partial charge in [-0.2, -0.15) is 8.62 Å². The van der Waals surface area contributed by atoms with Gasteiger partial charge in [-0.25, -0.2) is 18.5 Å². The first kappa shape index (κ1) is 24.3. The predicted molar refractivity (Wildman–Crippen MR) is 93.4 cm³/mol. The zero-order chi connectivity index (χ0) is 22.3. The Morgan fingerprint density at radius 1 is 1.17 bits per heavy atom. The highest BCUT2D eigenvalue weighted by molar-refractivity contribution is 7.66. The van der Waals surface area contributed by atoms with E-state index in [1.807, 2.05) is 0 Å². The van der Waals surface area contributed by atoms with E-state index in [0.29, 0.717) is 0 Å². The number of phosphoric acid groups is 3. The van der Waals surface area contributed by atoms with E-state index in [9.17, 15) is 28.2 Å². The first-order chi connectivity index (χ1) is 13.0. The number of nitrogens with zero attached hydrogens (tertiary/aromatic N) is 1. The molecule has 15 nitrogen and oxygen atoms in total. The number of aromatic amines is 1. The number of rotatable bonds is 8. The fourth-order valence-corrected chi connectivity index (χ4v) is 5.57. The highest BCUT2D eigenvalue weighted by atomic mass is 31.3. The second kappa shape index (κ2) is 8.29. The zero-order valence-electron chi connectivity index (χ0n) is 15.0. The predicted octanol–water partition coefficient (Wildman–Crippen LogP) is 0.194. The molecule has 1 aliphatic rings. The molecule has 18 heteroatoms. The van der Waals surface area contributed by atoms with Gasteiger partial charge in [0, 0.05) is 18.7 Å². The molecule has 0 bridgehead atoms. The molecule has 0 spiro atoms. The van der Waals surface area contributed by atoms with Gasteiger partial charge < -0.3 is 24.3 Å². The minimum absolute atomic E-state index is 0.239. The molecule has 0 aliphatic carbocycles. The molecule has 1 aromatic heterocycles. The number of phosphoric ester groups is 1. The molecular weight excluding hydrogens is 461 g/mol. The van der Waals surface area contributed by atoms with Crippen molar-refractivity contribution >= 4 is 23.5 Å². The van der Waals surface area contributed by atoms with Gasteiger partial charge in [-0.1, -0.05) is 13.8 Å². The SMILES string of the molecule is CC1(C)CC(n2ccc(=O)[nH]c2=O)OC1COP(=O)(O)OP(=O)(O)OP(=O)(O)O. The Morgan fingerprint density at radius 3 is 2.34 bits per heavy atom. The molecule has 2 rings (SSSR count). The molecule has 1 aliphatic heterocycles. The number of ether oxygens (including phenoxy) is 1. The van der Waals surface area contributed by atoms with E-state index >= 15 is 0 Å². The van der Waals surface area contributed by atoms with Crippen molar-refractivity contribution in [2.24, 2.45) is 5.41 Å². The Balaban J connectivity index is 2.06. The highest BCUT2D eigenvalue weighted by Gasteiger charge is 2.46.